The molecule has 0 bridgehead atoms. The number of likely N-dealkylation sites (tertiary alicyclic amines) is 1. The van der Waals surface area contributed by atoms with Gasteiger partial charge in [-0.25, -0.2) is 0 Å². The van der Waals surface area contributed by atoms with Gasteiger partial charge in [0.05, 0.1) is 12.5 Å². The van der Waals surface area contributed by atoms with E-state index in [1.54, 1.807) is 0 Å². The third kappa shape index (κ3) is 3.11. The maximum atomic E-state index is 12.6. The molecule has 4 rings (SSSR count). The van der Waals surface area contributed by atoms with Crippen molar-refractivity contribution >= 4 is 17.5 Å². The van der Waals surface area contributed by atoms with Gasteiger partial charge in [0.25, 0.3) is 0 Å². The third-order valence-electron chi connectivity index (χ3n) is 5.11. The van der Waals surface area contributed by atoms with Gasteiger partial charge in [0, 0.05) is 24.8 Å². The molecule has 2 aliphatic heterocycles. The maximum Gasteiger partial charge on any atom is 0.241 e. The van der Waals surface area contributed by atoms with Crippen molar-refractivity contribution in [2.24, 2.45) is 5.92 Å². The number of benzene rings is 1. The van der Waals surface area contributed by atoms with E-state index in [-0.39, 0.29) is 17.7 Å². The fourth-order valence-corrected chi connectivity index (χ4v) is 3.61. The number of fused-ring (bicyclic) bond motifs is 1. The van der Waals surface area contributed by atoms with E-state index in [2.05, 4.69) is 16.3 Å². The number of anilines is 1. The normalized spacial score (nSPS) is 23.8. The Kier molecular flexibility index (Phi) is 3.81. The molecule has 1 atom stereocenters. The number of hydrogen-bond acceptors (Lipinski definition) is 3. The van der Waals surface area contributed by atoms with Crippen LogP contribution in [0.3, 0.4) is 0 Å². The van der Waals surface area contributed by atoms with Gasteiger partial charge in [-0.2, -0.15) is 0 Å². The van der Waals surface area contributed by atoms with Gasteiger partial charge in [0.15, 0.2) is 0 Å². The Balaban J connectivity index is 1.32. The summed E-state index contributed by atoms with van der Waals surface area (Å²) in [7, 11) is 0. The zero-order chi connectivity index (χ0) is 15.8. The molecule has 1 saturated carbocycles. The molecule has 122 valence electrons. The van der Waals surface area contributed by atoms with Crippen molar-refractivity contribution in [3.8, 4) is 0 Å². The second-order valence-corrected chi connectivity index (χ2v) is 6.93. The zero-order valence-electron chi connectivity index (χ0n) is 13.3. The lowest BCUT2D eigenvalue weighted by Gasteiger charge is -2.21. The van der Waals surface area contributed by atoms with Gasteiger partial charge in [-0.05, 0) is 43.9 Å². The minimum Gasteiger partial charge on any atom is -0.353 e. The first kappa shape index (κ1) is 14.7. The van der Waals surface area contributed by atoms with E-state index in [9.17, 15) is 9.59 Å². The summed E-state index contributed by atoms with van der Waals surface area (Å²) in [6.07, 6.45) is 4.04. The molecule has 2 heterocycles. The van der Waals surface area contributed by atoms with Crippen LogP contribution in [0.4, 0.5) is 5.69 Å². The topological polar surface area (TPSA) is 52.7 Å². The van der Waals surface area contributed by atoms with Gasteiger partial charge < -0.3 is 10.2 Å². The summed E-state index contributed by atoms with van der Waals surface area (Å²) >= 11 is 0. The predicted octanol–water partition coefficient (Wildman–Crippen LogP) is 1.18. The second-order valence-electron chi connectivity index (χ2n) is 6.93. The maximum absolute atomic E-state index is 12.6. The summed E-state index contributed by atoms with van der Waals surface area (Å²) in [6, 6.07) is 8.54. The Hall–Kier alpha value is -1.88. The molecule has 1 N–H and O–H groups in total. The van der Waals surface area contributed by atoms with Crippen LogP contribution in [0.1, 0.15) is 24.8 Å². The first-order valence-electron chi connectivity index (χ1n) is 8.62. The van der Waals surface area contributed by atoms with Crippen molar-refractivity contribution in [3.05, 3.63) is 29.8 Å². The van der Waals surface area contributed by atoms with E-state index < -0.39 is 0 Å². The van der Waals surface area contributed by atoms with Crippen LogP contribution in [-0.2, 0) is 16.0 Å². The fourth-order valence-electron chi connectivity index (χ4n) is 3.61. The molecular formula is C18H23N3O2. The summed E-state index contributed by atoms with van der Waals surface area (Å²) in [4.78, 5) is 28.7. The molecule has 5 nitrogen and oxygen atoms in total. The summed E-state index contributed by atoms with van der Waals surface area (Å²) < 4.78 is 0. The highest BCUT2D eigenvalue weighted by Crippen LogP contribution is 2.28. The SMILES string of the molecule is O=C(NC1CC1)C1CCN(CC(=O)N2CCc3ccccc32)C1. The number of carbonyl (C=O) groups excluding carboxylic acids is 2. The standard InChI is InChI=1S/C18H23N3O2/c22-17(21-10-8-13-3-1-2-4-16(13)21)12-20-9-7-14(11-20)18(23)19-15-5-6-15/h1-4,14-15H,5-12H2,(H,19,23). The number of para-hydroxylation sites is 1. The highest BCUT2D eigenvalue weighted by atomic mass is 16.2. The quantitative estimate of drug-likeness (QED) is 0.908. The van der Waals surface area contributed by atoms with E-state index in [0.29, 0.717) is 19.1 Å². The Morgan fingerprint density at radius 3 is 2.78 bits per heavy atom. The molecule has 2 amide bonds. The lowest BCUT2D eigenvalue weighted by molar-refractivity contribution is -0.125. The summed E-state index contributed by atoms with van der Waals surface area (Å²) in [5, 5.41) is 3.08. The Morgan fingerprint density at radius 1 is 1.13 bits per heavy atom. The average molecular weight is 313 g/mol. The molecule has 1 aliphatic carbocycles. The van der Waals surface area contributed by atoms with Crippen LogP contribution in [0.2, 0.25) is 0 Å². The highest BCUT2D eigenvalue weighted by Gasteiger charge is 2.34. The van der Waals surface area contributed by atoms with Gasteiger partial charge in [-0.15, -0.1) is 0 Å². The van der Waals surface area contributed by atoms with E-state index in [0.717, 1.165) is 44.5 Å². The van der Waals surface area contributed by atoms with Gasteiger partial charge in [0.2, 0.25) is 11.8 Å². The van der Waals surface area contributed by atoms with Gasteiger partial charge >= 0.3 is 0 Å². The van der Waals surface area contributed by atoms with Crippen LogP contribution >= 0.6 is 0 Å². The van der Waals surface area contributed by atoms with Crippen LogP contribution in [0.15, 0.2) is 24.3 Å². The monoisotopic (exact) mass is 313 g/mol. The van der Waals surface area contributed by atoms with Crippen molar-refractivity contribution < 1.29 is 9.59 Å². The molecule has 0 aromatic heterocycles. The molecule has 2 fully saturated rings. The molecule has 1 aromatic rings. The first-order valence-corrected chi connectivity index (χ1v) is 8.62. The smallest absolute Gasteiger partial charge is 0.241 e. The van der Waals surface area contributed by atoms with Gasteiger partial charge in [-0.3, -0.25) is 14.5 Å². The van der Waals surface area contributed by atoms with Crippen molar-refractivity contribution in [2.45, 2.75) is 31.7 Å². The first-order chi connectivity index (χ1) is 11.2. The Bertz CT molecular complexity index is 626. The minimum atomic E-state index is 0.0502. The van der Waals surface area contributed by atoms with E-state index in [4.69, 9.17) is 0 Å². The summed E-state index contributed by atoms with van der Waals surface area (Å²) in [5.74, 6) is 0.376. The molecule has 1 unspecified atom stereocenters. The largest absolute Gasteiger partial charge is 0.353 e. The van der Waals surface area contributed by atoms with Crippen molar-refractivity contribution in [1.82, 2.24) is 10.2 Å². The molecule has 1 aromatic carbocycles. The number of nitrogens with zero attached hydrogens (tertiary/aromatic N) is 2. The second kappa shape index (κ2) is 5.96. The van der Waals surface area contributed by atoms with E-state index >= 15 is 0 Å². The van der Waals surface area contributed by atoms with Crippen molar-refractivity contribution in [2.75, 3.05) is 31.1 Å². The van der Waals surface area contributed by atoms with Crippen LogP contribution in [0.5, 0.6) is 0 Å². The third-order valence-corrected chi connectivity index (χ3v) is 5.11. The molecule has 3 aliphatic rings. The molecule has 0 spiro atoms. The zero-order valence-corrected chi connectivity index (χ0v) is 13.3. The molecule has 1 saturated heterocycles. The molecule has 5 heteroatoms. The number of hydrogen-bond donors (Lipinski definition) is 1. The molecule has 23 heavy (non-hydrogen) atoms. The highest BCUT2D eigenvalue weighted by molar-refractivity contribution is 5.96. The van der Waals surface area contributed by atoms with Crippen molar-refractivity contribution in [1.29, 1.82) is 0 Å². The van der Waals surface area contributed by atoms with Gasteiger partial charge in [-0.1, -0.05) is 18.2 Å². The van der Waals surface area contributed by atoms with Crippen LogP contribution in [0.25, 0.3) is 0 Å². The minimum absolute atomic E-state index is 0.0502. The number of rotatable bonds is 4. The Morgan fingerprint density at radius 2 is 1.96 bits per heavy atom. The number of amides is 2. The van der Waals surface area contributed by atoms with E-state index in [1.165, 1.54) is 5.56 Å². The van der Waals surface area contributed by atoms with Crippen molar-refractivity contribution in [3.63, 3.8) is 0 Å². The summed E-state index contributed by atoms with van der Waals surface area (Å²) in [6.45, 7) is 2.74. The van der Waals surface area contributed by atoms with Crippen LogP contribution in [0, 0.1) is 5.92 Å². The predicted molar refractivity (Wildman–Crippen MR) is 88.2 cm³/mol. The Labute approximate surface area is 136 Å². The average Bonchev–Trinajstić information content (AvgIpc) is 3.08. The fraction of sp³-hybridized carbons (Fsp3) is 0.556. The lowest BCUT2D eigenvalue weighted by atomic mass is 10.1. The lowest BCUT2D eigenvalue weighted by Crippen LogP contribution is -2.40. The summed E-state index contributed by atoms with van der Waals surface area (Å²) in [5.41, 5.74) is 2.31. The number of nitrogens with one attached hydrogen (secondary N) is 1. The molecule has 0 radical (unpaired) electrons. The van der Waals surface area contributed by atoms with Crippen LogP contribution < -0.4 is 10.2 Å². The van der Waals surface area contributed by atoms with E-state index in [1.807, 2.05) is 23.1 Å². The number of carbonyl (C=O) groups is 2. The molecular weight excluding hydrogens is 290 g/mol. The van der Waals surface area contributed by atoms with Gasteiger partial charge in [0.1, 0.15) is 0 Å². The van der Waals surface area contributed by atoms with Crippen LogP contribution in [-0.4, -0.2) is 48.9 Å².